The molecule has 0 spiro atoms. The molecule has 17 heavy (non-hydrogen) atoms. The molecule has 0 atom stereocenters. The van der Waals surface area contributed by atoms with Gasteiger partial charge in [-0.05, 0) is 25.0 Å². The van der Waals surface area contributed by atoms with Gasteiger partial charge in [0.25, 0.3) is 0 Å². The zero-order chi connectivity index (χ0) is 11.7. The smallest absolute Gasteiger partial charge is 0.150 e. The van der Waals surface area contributed by atoms with Crippen LogP contribution in [0.4, 0.5) is 10.1 Å². The van der Waals surface area contributed by atoms with Gasteiger partial charge in [-0.2, -0.15) is 0 Å². The monoisotopic (exact) mass is 236 g/mol. The lowest BCUT2D eigenvalue weighted by molar-refractivity contribution is 0.301. The van der Waals surface area contributed by atoms with Gasteiger partial charge in [0.15, 0.2) is 0 Å². The molecule has 1 heterocycles. The van der Waals surface area contributed by atoms with E-state index in [1.165, 1.54) is 6.07 Å². The molecule has 1 aromatic rings. The van der Waals surface area contributed by atoms with Gasteiger partial charge in [-0.25, -0.2) is 4.39 Å². The second-order valence-corrected chi connectivity index (χ2v) is 4.64. The summed E-state index contributed by atoms with van der Waals surface area (Å²) in [4.78, 5) is 2.07. The molecule has 0 bridgehead atoms. The van der Waals surface area contributed by atoms with Crippen LogP contribution in [0.15, 0.2) is 18.2 Å². The van der Waals surface area contributed by atoms with Crippen molar-refractivity contribution in [3.63, 3.8) is 0 Å². The highest BCUT2D eigenvalue weighted by Gasteiger charge is 2.27. The third-order valence-corrected chi connectivity index (χ3v) is 3.20. The topological polar surface area (TPSA) is 24.5 Å². The summed E-state index contributed by atoms with van der Waals surface area (Å²) in [7, 11) is 0. The predicted molar refractivity (Wildman–Crippen MR) is 65.1 cm³/mol. The molecule has 1 saturated carbocycles. The van der Waals surface area contributed by atoms with E-state index in [-0.39, 0.29) is 5.82 Å². The van der Waals surface area contributed by atoms with Gasteiger partial charge in [0, 0.05) is 26.2 Å². The average molecular weight is 236 g/mol. The third kappa shape index (κ3) is 2.36. The van der Waals surface area contributed by atoms with Crippen molar-refractivity contribution in [1.82, 2.24) is 5.32 Å². The largest absolute Gasteiger partial charge is 0.488 e. The van der Waals surface area contributed by atoms with Gasteiger partial charge in [0.05, 0.1) is 6.10 Å². The van der Waals surface area contributed by atoms with Crippen LogP contribution in [-0.4, -0.2) is 32.3 Å². The number of benzene rings is 1. The molecular weight excluding hydrogens is 219 g/mol. The highest BCUT2D eigenvalue weighted by Crippen LogP contribution is 2.36. The highest BCUT2D eigenvalue weighted by atomic mass is 19.1. The summed E-state index contributed by atoms with van der Waals surface area (Å²) >= 11 is 0. The van der Waals surface area contributed by atoms with Gasteiger partial charge in [-0.15, -0.1) is 0 Å². The predicted octanol–water partition coefficient (Wildman–Crippen LogP) is 1.78. The molecule has 0 radical (unpaired) electrons. The Morgan fingerprint density at radius 3 is 2.71 bits per heavy atom. The van der Waals surface area contributed by atoms with Crippen LogP contribution in [0.3, 0.4) is 0 Å². The summed E-state index contributed by atoms with van der Waals surface area (Å²) in [6.45, 7) is 3.47. The number of rotatable bonds is 3. The Labute approximate surface area is 101 Å². The molecule has 2 fully saturated rings. The van der Waals surface area contributed by atoms with E-state index < -0.39 is 0 Å². The maximum Gasteiger partial charge on any atom is 0.150 e. The molecule has 92 valence electrons. The van der Waals surface area contributed by atoms with Crippen molar-refractivity contribution in [3.8, 4) is 5.75 Å². The second-order valence-electron chi connectivity index (χ2n) is 4.64. The van der Waals surface area contributed by atoms with E-state index in [1.807, 2.05) is 6.07 Å². The van der Waals surface area contributed by atoms with Gasteiger partial charge in [-0.1, -0.05) is 6.07 Å². The number of nitrogens with zero attached hydrogens (tertiary/aromatic N) is 1. The number of anilines is 1. The normalized spacial score (nSPS) is 20.4. The molecule has 0 amide bonds. The molecule has 3 rings (SSSR count). The minimum Gasteiger partial charge on any atom is -0.488 e. The van der Waals surface area contributed by atoms with Crippen LogP contribution in [0.25, 0.3) is 0 Å². The molecule has 0 aromatic heterocycles. The first-order valence-corrected chi connectivity index (χ1v) is 6.25. The molecule has 1 aliphatic carbocycles. The molecule has 2 aliphatic rings. The first-order valence-electron chi connectivity index (χ1n) is 6.25. The zero-order valence-corrected chi connectivity index (χ0v) is 9.79. The van der Waals surface area contributed by atoms with Crippen molar-refractivity contribution in [2.45, 2.75) is 18.9 Å². The van der Waals surface area contributed by atoms with Crippen molar-refractivity contribution >= 4 is 5.69 Å². The fraction of sp³-hybridized carbons (Fsp3) is 0.538. The fourth-order valence-electron chi connectivity index (χ4n) is 2.15. The highest BCUT2D eigenvalue weighted by molar-refractivity contribution is 5.60. The fourth-order valence-corrected chi connectivity index (χ4v) is 2.15. The Morgan fingerprint density at radius 1 is 1.24 bits per heavy atom. The van der Waals surface area contributed by atoms with Gasteiger partial charge in [0.1, 0.15) is 17.3 Å². The van der Waals surface area contributed by atoms with E-state index >= 15 is 0 Å². The summed E-state index contributed by atoms with van der Waals surface area (Å²) in [6, 6.07) is 5.11. The Hall–Kier alpha value is -1.29. The second kappa shape index (κ2) is 4.53. The number of para-hydroxylation sites is 1. The minimum atomic E-state index is -0.176. The molecule has 4 heteroatoms. The van der Waals surface area contributed by atoms with Crippen LogP contribution >= 0.6 is 0 Å². The van der Waals surface area contributed by atoms with E-state index in [2.05, 4.69) is 10.2 Å². The molecule has 1 N–H and O–H groups in total. The summed E-state index contributed by atoms with van der Waals surface area (Å²) in [5.74, 6) is 0.527. The summed E-state index contributed by atoms with van der Waals surface area (Å²) in [5, 5.41) is 3.27. The molecule has 1 saturated heterocycles. The summed E-state index contributed by atoms with van der Waals surface area (Å²) in [6.07, 6.45) is 2.49. The zero-order valence-electron chi connectivity index (χ0n) is 9.79. The van der Waals surface area contributed by atoms with Crippen molar-refractivity contribution in [2.24, 2.45) is 0 Å². The minimum absolute atomic E-state index is 0.176. The molecule has 1 aliphatic heterocycles. The Morgan fingerprint density at radius 2 is 2.00 bits per heavy atom. The number of hydrogen-bond acceptors (Lipinski definition) is 3. The van der Waals surface area contributed by atoms with E-state index in [4.69, 9.17) is 4.74 Å². The lowest BCUT2D eigenvalue weighted by Crippen LogP contribution is -2.44. The van der Waals surface area contributed by atoms with Crippen LogP contribution in [0, 0.1) is 5.82 Å². The van der Waals surface area contributed by atoms with Crippen LogP contribution in [0.2, 0.25) is 0 Å². The summed E-state index contributed by atoms with van der Waals surface area (Å²) in [5.41, 5.74) is 0.640. The van der Waals surface area contributed by atoms with Crippen molar-refractivity contribution in [1.29, 1.82) is 0 Å². The molecule has 1 aromatic carbocycles. The number of hydrogen-bond donors (Lipinski definition) is 1. The standard InChI is InChI=1S/C13H17FN2O/c14-11-2-1-3-12(17-10-4-5-10)13(11)16-8-6-15-7-9-16/h1-3,10,15H,4-9H2. The Kier molecular flexibility index (Phi) is 2.89. The van der Waals surface area contributed by atoms with Gasteiger partial charge >= 0.3 is 0 Å². The van der Waals surface area contributed by atoms with Gasteiger partial charge < -0.3 is 15.0 Å². The quantitative estimate of drug-likeness (QED) is 0.865. The first-order chi connectivity index (χ1) is 8.34. The van der Waals surface area contributed by atoms with E-state index in [0.29, 0.717) is 17.5 Å². The number of halogens is 1. The molecular formula is C13H17FN2O. The van der Waals surface area contributed by atoms with Crippen molar-refractivity contribution < 1.29 is 9.13 Å². The Bertz CT molecular complexity index is 400. The molecule has 0 unspecified atom stereocenters. The lowest BCUT2D eigenvalue weighted by atomic mass is 10.2. The van der Waals surface area contributed by atoms with Crippen LogP contribution < -0.4 is 15.0 Å². The maximum absolute atomic E-state index is 14.0. The third-order valence-electron chi connectivity index (χ3n) is 3.20. The number of piperazine rings is 1. The van der Waals surface area contributed by atoms with Gasteiger partial charge in [0.2, 0.25) is 0 Å². The van der Waals surface area contributed by atoms with Crippen LogP contribution in [0.1, 0.15) is 12.8 Å². The Balaban J connectivity index is 1.88. The van der Waals surface area contributed by atoms with Crippen molar-refractivity contribution in [2.75, 3.05) is 31.1 Å². The van der Waals surface area contributed by atoms with E-state index in [1.54, 1.807) is 6.07 Å². The lowest BCUT2D eigenvalue weighted by Gasteiger charge is -2.31. The summed E-state index contributed by atoms with van der Waals surface area (Å²) < 4.78 is 19.8. The number of ether oxygens (including phenoxy) is 1. The SMILES string of the molecule is Fc1cccc(OC2CC2)c1N1CCNCC1. The van der Waals surface area contributed by atoms with Crippen molar-refractivity contribution in [3.05, 3.63) is 24.0 Å². The van der Waals surface area contributed by atoms with Gasteiger partial charge in [-0.3, -0.25) is 0 Å². The number of nitrogens with one attached hydrogen (secondary N) is 1. The van der Waals surface area contributed by atoms with Crippen LogP contribution in [-0.2, 0) is 0 Å². The van der Waals surface area contributed by atoms with E-state index in [0.717, 1.165) is 39.0 Å². The van der Waals surface area contributed by atoms with Crippen LogP contribution in [0.5, 0.6) is 5.75 Å². The first kappa shape index (κ1) is 10.8. The maximum atomic E-state index is 14.0. The molecule has 3 nitrogen and oxygen atoms in total. The van der Waals surface area contributed by atoms with E-state index in [9.17, 15) is 4.39 Å². The average Bonchev–Trinajstić information content (AvgIpc) is 3.14.